The van der Waals surface area contributed by atoms with Gasteiger partial charge in [0.05, 0.1) is 0 Å². The Morgan fingerprint density at radius 2 is 1.90 bits per heavy atom. The van der Waals surface area contributed by atoms with Gasteiger partial charge < -0.3 is 19.3 Å². The van der Waals surface area contributed by atoms with Crippen LogP contribution in [0.25, 0.3) is 0 Å². The quantitative estimate of drug-likeness (QED) is 0.840. The Balaban J connectivity index is 1.91. The van der Waals surface area contributed by atoms with Crippen molar-refractivity contribution in [2.45, 2.75) is 44.1 Å². The number of carbonyl (C=O) groups excluding carboxylic acids is 1. The van der Waals surface area contributed by atoms with E-state index >= 15 is 0 Å². The van der Waals surface area contributed by atoms with Crippen molar-refractivity contribution in [3.8, 4) is 0 Å². The molecule has 4 atom stereocenters. The smallest absolute Gasteiger partial charge is 0.330 e. The van der Waals surface area contributed by atoms with Gasteiger partial charge in [0.2, 0.25) is 0 Å². The zero-order chi connectivity index (χ0) is 15.0. The summed E-state index contributed by atoms with van der Waals surface area (Å²) < 4.78 is 16.9. The Kier molecular flexibility index (Phi) is 3.57. The summed E-state index contributed by atoms with van der Waals surface area (Å²) >= 11 is 0. The number of ether oxygens (including phenoxy) is 3. The number of aliphatic hydroxyl groups is 1. The zero-order valence-electron chi connectivity index (χ0n) is 11.9. The molecule has 5 nitrogen and oxygen atoms in total. The molecule has 1 N–H and O–H groups in total. The summed E-state index contributed by atoms with van der Waals surface area (Å²) in [4.78, 5) is 11.5. The first-order valence-corrected chi connectivity index (χ1v) is 6.94. The predicted molar refractivity (Wildman–Crippen MR) is 74.2 cm³/mol. The van der Waals surface area contributed by atoms with Gasteiger partial charge in [-0.15, -0.1) is 0 Å². The highest BCUT2D eigenvalue weighted by Crippen LogP contribution is 2.36. The minimum Gasteiger partial charge on any atom is -0.453 e. The van der Waals surface area contributed by atoms with Crippen molar-refractivity contribution in [1.82, 2.24) is 0 Å². The lowest BCUT2D eigenvalue weighted by Gasteiger charge is -2.46. The van der Waals surface area contributed by atoms with Gasteiger partial charge in [-0.25, -0.2) is 4.79 Å². The number of hydrogen-bond acceptors (Lipinski definition) is 5. The third-order valence-electron chi connectivity index (χ3n) is 3.61. The van der Waals surface area contributed by atoms with E-state index in [4.69, 9.17) is 14.2 Å². The minimum absolute atomic E-state index is 0.421. The molecule has 21 heavy (non-hydrogen) atoms. The Hall–Kier alpha value is -1.69. The normalized spacial score (nSPS) is 32.1. The molecule has 0 amide bonds. The van der Waals surface area contributed by atoms with E-state index in [1.54, 1.807) is 19.9 Å². The van der Waals surface area contributed by atoms with E-state index in [9.17, 15) is 9.90 Å². The van der Waals surface area contributed by atoms with Crippen molar-refractivity contribution in [2.24, 2.45) is 0 Å². The van der Waals surface area contributed by atoms with Crippen LogP contribution in [0.5, 0.6) is 0 Å². The first kappa shape index (κ1) is 14.3. The Morgan fingerprint density at radius 1 is 1.19 bits per heavy atom. The maximum atomic E-state index is 11.5. The number of rotatable bonds is 2. The number of esters is 1. The highest BCUT2D eigenvalue weighted by molar-refractivity contribution is 5.83. The number of hydrogen-bond donors (Lipinski definition) is 1. The number of fused-ring (bicyclic) bond motifs is 1. The summed E-state index contributed by atoms with van der Waals surface area (Å²) in [5.41, 5.74) is 0.713. The fourth-order valence-electron chi connectivity index (χ4n) is 2.72. The fraction of sp³-hybridized carbons (Fsp3) is 0.438. The summed E-state index contributed by atoms with van der Waals surface area (Å²) in [7, 11) is 0. The van der Waals surface area contributed by atoms with Crippen molar-refractivity contribution in [1.29, 1.82) is 0 Å². The highest BCUT2D eigenvalue weighted by Gasteiger charge is 2.48. The zero-order valence-corrected chi connectivity index (χ0v) is 11.9. The summed E-state index contributed by atoms with van der Waals surface area (Å²) in [5.74, 6) is -1.32. The summed E-state index contributed by atoms with van der Waals surface area (Å²) in [5, 5.41) is 10.6. The molecule has 1 aromatic carbocycles. The van der Waals surface area contributed by atoms with E-state index in [-0.39, 0.29) is 0 Å². The van der Waals surface area contributed by atoms with Crippen LogP contribution in [0, 0.1) is 0 Å². The first-order valence-electron chi connectivity index (χ1n) is 6.94. The van der Waals surface area contributed by atoms with Crippen LogP contribution in [0.3, 0.4) is 0 Å². The molecule has 1 fully saturated rings. The van der Waals surface area contributed by atoms with Crippen LogP contribution in [-0.2, 0) is 19.0 Å². The lowest BCUT2D eigenvalue weighted by Crippen LogP contribution is -2.58. The summed E-state index contributed by atoms with van der Waals surface area (Å²) in [6.07, 6.45) is 0.330. The van der Waals surface area contributed by atoms with Gasteiger partial charge in [-0.3, -0.25) is 0 Å². The van der Waals surface area contributed by atoms with Crippen molar-refractivity contribution < 1.29 is 24.1 Å². The van der Waals surface area contributed by atoms with E-state index in [2.05, 4.69) is 0 Å². The monoisotopic (exact) mass is 290 g/mol. The molecular weight excluding hydrogens is 272 g/mol. The number of aliphatic hydroxyl groups excluding tert-OH is 1. The topological polar surface area (TPSA) is 65.0 Å². The van der Waals surface area contributed by atoms with Crippen LogP contribution < -0.4 is 0 Å². The van der Waals surface area contributed by atoms with Crippen molar-refractivity contribution in [3.05, 3.63) is 48.0 Å². The average molecular weight is 290 g/mol. The third-order valence-corrected chi connectivity index (χ3v) is 3.61. The minimum atomic E-state index is -0.902. The molecule has 0 radical (unpaired) electrons. The molecule has 0 unspecified atom stereocenters. The molecule has 2 aliphatic rings. The van der Waals surface area contributed by atoms with E-state index in [0.29, 0.717) is 5.56 Å². The molecule has 5 heteroatoms. The van der Waals surface area contributed by atoms with Gasteiger partial charge in [0.1, 0.15) is 18.3 Å². The molecule has 0 spiro atoms. The van der Waals surface area contributed by atoms with E-state index in [0.717, 1.165) is 0 Å². The van der Waals surface area contributed by atoms with Crippen LogP contribution >= 0.6 is 0 Å². The van der Waals surface area contributed by atoms with Crippen molar-refractivity contribution >= 4 is 5.97 Å². The lowest BCUT2D eigenvalue weighted by atomic mass is 9.94. The standard InChI is InChI=1S/C16H18O5/c1-16(2)20-11-8-9-12(17)19-14(11)15(21-16)13(18)10-6-4-3-5-7-10/h3-9,11,13-15,18H,1-2H3/t11-,13-,14+,15+/m0/s1. The number of carbonyl (C=O) groups is 1. The van der Waals surface area contributed by atoms with Gasteiger partial charge in [0, 0.05) is 6.08 Å². The van der Waals surface area contributed by atoms with Gasteiger partial charge in [0.15, 0.2) is 11.9 Å². The highest BCUT2D eigenvalue weighted by atomic mass is 16.7. The molecule has 0 aliphatic carbocycles. The largest absolute Gasteiger partial charge is 0.453 e. The van der Waals surface area contributed by atoms with E-state index in [1.807, 2.05) is 30.3 Å². The van der Waals surface area contributed by atoms with Gasteiger partial charge in [-0.05, 0) is 25.5 Å². The van der Waals surface area contributed by atoms with Gasteiger partial charge in [0.25, 0.3) is 0 Å². The Morgan fingerprint density at radius 3 is 2.62 bits per heavy atom. The second-order valence-electron chi connectivity index (χ2n) is 5.68. The molecule has 3 rings (SSSR count). The molecule has 112 valence electrons. The molecule has 1 aromatic rings. The molecule has 1 saturated heterocycles. The Labute approximate surface area is 123 Å². The van der Waals surface area contributed by atoms with Gasteiger partial charge in [-0.2, -0.15) is 0 Å². The fourth-order valence-corrected chi connectivity index (χ4v) is 2.72. The van der Waals surface area contributed by atoms with Crippen molar-refractivity contribution in [2.75, 3.05) is 0 Å². The molecule has 2 aliphatic heterocycles. The van der Waals surface area contributed by atoms with Crippen molar-refractivity contribution in [3.63, 3.8) is 0 Å². The Bertz CT molecular complexity index is 551. The summed E-state index contributed by atoms with van der Waals surface area (Å²) in [6.45, 7) is 3.55. The predicted octanol–water partition coefficient (Wildman–Crippen LogP) is 1.72. The van der Waals surface area contributed by atoms with Crippen LogP contribution in [-0.4, -0.2) is 35.2 Å². The maximum Gasteiger partial charge on any atom is 0.330 e. The van der Waals surface area contributed by atoms with Crippen LogP contribution in [0.2, 0.25) is 0 Å². The second kappa shape index (κ2) is 5.26. The van der Waals surface area contributed by atoms with Crippen LogP contribution in [0.15, 0.2) is 42.5 Å². The molecule has 0 bridgehead atoms. The maximum absolute atomic E-state index is 11.5. The molecule has 0 aromatic heterocycles. The van der Waals surface area contributed by atoms with E-state index < -0.39 is 36.2 Å². The number of benzene rings is 1. The molecule has 2 heterocycles. The third kappa shape index (κ3) is 2.85. The van der Waals surface area contributed by atoms with Gasteiger partial charge >= 0.3 is 5.97 Å². The summed E-state index contributed by atoms with van der Waals surface area (Å²) in [6, 6.07) is 9.18. The second-order valence-corrected chi connectivity index (χ2v) is 5.68. The first-order chi connectivity index (χ1) is 9.96. The average Bonchev–Trinajstić information content (AvgIpc) is 2.46. The van der Waals surface area contributed by atoms with Crippen LogP contribution in [0.1, 0.15) is 25.5 Å². The molecule has 0 saturated carbocycles. The van der Waals surface area contributed by atoms with Crippen LogP contribution in [0.4, 0.5) is 0 Å². The molecular formula is C16H18O5. The SMILES string of the molecule is CC1(C)O[C@H]([C@@H](O)c2ccccc2)[C@@H]2OC(=O)C=C[C@@H]2O1. The van der Waals surface area contributed by atoms with Gasteiger partial charge in [-0.1, -0.05) is 30.3 Å². The lowest BCUT2D eigenvalue weighted by molar-refractivity contribution is -0.339. The van der Waals surface area contributed by atoms with E-state index in [1.165, 1.54) is 6.08 Å².